The molecule has 0 amide bonds. The summed E-state index contributed by atoms with van der Waals surface area (Å²) < 4.78 is 38.6. The summed E-state index contributed by atoms with van der Waals surface area (Å²) >= 11 is 0. The van der Waals surface area contributed by atoms with Crippen LogP contribution >= 0.6 is 0 Å². The van der Waals surface area contributed by atoms with Crippen molar-refractivity contribution in [1.82, 2.24) is 4.90 Å². The van der Waals surface area contributed by atoms with E-state index in [0.717, 1.165) is 58.7 Å². The Morgan fingerprint density at radius 3 is 1.95 bits per heavy atom. The first-order chi connectivity index (χ1) is 19.9. The Balaban J connectivity index is 1.52. The molecule has 4 atom stereocenters. The predicted octanol–water partition coefficient (Wildman–Crippen LogP) is 7.64. The van der Waals surface area contributed by atoms with Crippen molar-refractivity contribution in [2.45, 2.75) is 167 Å². The van der Waals surface area contributed by atoms with E-state index < -0.39 is 17.2 Å². The second kappa shape index (κ2) is 18.5. The van der Waals surface area contributed by atoms with E-state index in [1.807, 2.05) is 13.8 Å². The van der Waals surface area contributed by atoms with Gasteiger partial charge in [-0.2, -0.15) is 0 Å². The van der Waals surface area contributed by atoms with Gasteiger partial charge in [-0.15, -0.1) is 0 Å². The maximum Gasteiger partial charge on any atom is 0.225 e. The summed E-state index contributed by atoms with van der Waals surface area (Å²) in [5.41, 5.74) is -0.549. The molecule has 0 saturated carbocycles. The summed E-state index contributed by atoms with van der Waals surface area (Å²) in [6.07, 6.45) is 19.7. The molecular weight excluding hydrogens is 518 g/mol. The van der Waals surface area contributed by atoms with Crippen molar-refractivity contribution in [3.05, 3.63) is 0 Å². The minimum atomic E-state index is -0.927. The van der Waals surface area contributed by atoms with Gasteiger partial charge in [-0.3, -0.25) is 4.90 Å². The minimum absolute atomic E-state index is 0.139. The Hall–Kier alpha value is -0.280. The van der Waals surface area contributed by atoms with Gasteiger partial charge in [-0.1, -0.05) is 104 Å². The fourth-order valence-electron chi connectivity index (χ4n) is 6.88. The molecule has 242 valence electrons. The Morgan fingerprint density at radius 1 is 0.732 bits per heavy atom. The molecule has 41 heavy (non-hydrogen) atoms. The first-order valence-electron chi connectivity index (χ1n) is 17.4. The topological polar surface area (TPSA) is 58.6 Å². The maximum atomic E-state index is 6.89. The van der Waals surface area contributed by atoms with E-state index >= 15 is 0 Å². The molecule has 1 unspecified atom stereocenters. The van der Waals surface area contributed by atoms with Gasteiger partial charge >= 0.3 is 0 Å². The molecule has 3 aliphatic heterocycles. The third-order valence-electron chi connectivity index (χ3n) is 9.23. The summed E-state index contributed by atoms with van der Waals surface area (Å²) in [6, 6.07) is 0. The number of unbranched alkanes of at least 4 members (excludes halogenated alkanes) is 13. The lowest BCUT2D eigenvalue weighted by atomic mass is 9.84. The first-order valence-corrected chi connectivity index (χ1v) is 17.4. The highest BCUT2D eigenvalue weighted by Crippen LogP contribution is 2.53. The largest absolute Gasteiger partial charge is 0.379 e. The lowest BCUT2D eigenvalue weighted by molar-refractivity contribution is -0.281. The average Bonchev–Trinajstić information content (AvgIpc) is 3.33. The summed E-state index contributed by atoms with van der Waals surface area (Å²) in [4.78, 5) is 2.43. The van der Waals surface area contributed by atoms with Crippen molar-refractivity contribution in [3.8, 4) is 0 Å². The van der Waals surface area contributed by atoms with E-state index in [1.165, 1.54) is 83.5 Å². The number of ether oxygens (including phenoxy) is 6. The zero-order valence-corrected chi connectivity index (χ0v) is 27.5. The zero-order valence-electron chi connectivity index (χ0n) is 27.5. The molecule has 0 aliphatic carbocycles. The van der Waals surface area contributed by atoms with Crippen LogP contribution in [-0.4, -0.2) is 87.0 Å². The summed E-state index contributed by atoms with van der Waals surface area (Å²) in [7, 11) is 0. The number of hydrogen-bond donors (Lipinski definition) is 0. The quantitative estimate of drug-likeness (QED) is 0.115. The molecule has 3 aliphatic rings. The van der Waals surface area contributed by atoms with Gasteiger partial charge in [0, 0.05) is 26.2 Å². The van der Waals surface area contributed by atoms with E-state index in [2.05, 4.69) is 25.7 Å². The Morgan fingerprint density at radius 2 is 1.32 bits per heavy atom. The van der Waals surface area contributed by atoms with E-state index in [-0.39, 0.29) is 12.2 Å². The molecule has 0 radical (unpaired) electrons. The van der Waals surface area contributed by atoms with Crippen molar-refractivity contribution in [3.63, 3.8) is 0 Å². The molecule has 3 heterocycles. The number of rotatable bonds is 23. The zero-order chi connectivity index (χ0) is 29.4. The highest BCUT2D eigenvalue weighted by molar-refractivity contribution is 5.12. The molecule has 7 heteroatoms. The summed E-state index contributed by atoms with van der Waals surface area (Å²) in [5, 5.41) is 0. The van der Waals surface area contributed by atoms with Gasteiger partial charge < -0.3 is 28.4 Å². The van der Waals surface area contributed by atoms with Crippen LogP contribution in [0.25, 0.3) is 0 Å². The number of fused-ring (bicyclic) bond motifs is 1. The van der Waals surface area contributed by atoms with Crippen LogP contribution in [-0.2, 0) is 28.4 Å². The second-order valence-electron chi connectivity index (χ2n) is 13.2. The van der Waals surface area contributed by atoms with Gasteiger partial charge in [0.1, 0.15) is 18.3 Å². The van der Waals surface area contributed by atoms with Crippen molar-refractivity contribution in [2.75, 3.05) is 52.7 Å². The van der Waals surface area contributed by atoms with Crippen molar-refractivity contribution >= 4 is 0 Å². The molecule has 0 aromatic carbocycles. The van der Waals surface area contributed by atoms with E-state index in [4.69, 9.17) is 28.4 Å². The SMILES string of the molecule is CCCCCCCCCCCCOC[C@@]12O[C@@H](C)C(CCCCCCC)(OCCN3CCOCC3)[C@@H]1OC(C)(C)O2. The van der Waals surface area contributed by atoms with Gasteiger partial charge in [0.05, 0.1) is 25.9 Å². The fourth-order valence-corrected chi connectivity index (χ4v) is 6.88. The molecule has 7 nitrogen and oxygen atoms in total. The average molecular weight is 584 g/mol. The van der Waals surface area contributed by atoms with Gasteiger partial charge in [0.25, 0.3) is 0 Å². The van der Waals surface area contributed by atoms with Crippen molar-refractivity contribution in [2.24, 2.45) is 0 Å². The van der Waals surface area contributed by atoms with E-state index in [9.17, 15) is 0 Å². The van der Waals surface area contributed by atoms with Gasteiger partial charge in [-0.25, -0.2) is 0 Å². The molecule has 3 rings (SSSR count). The van der Waals surface area contributed by atoms with Crippen molar-refractivity contribution < 1.29 is 28.4 Å². The lowest BCUT2D eigenvalue weighted by Crippen LogP contribution is -2.54. The van der Waals surface area contributed by atoms with Crippen LogP contribution in [0.15, 0.2) is 0 Å². The van der Waals surface area contributed by atoms with Crippen LogP contribution in [0.5, 0.6) is 0 Å². The predicted molar refractivity (Wildman–Crippen MR) is 165 cm³/mol. The summed E-state index contributed by atoms with van der Waals surface area (Å²) in [5.74, 6) is -1.67. The second-order valence-corrected chi connectivity index (χ2v) is 13.2. The normalized spacial score (nSPS) is 29.8. The van der Waals surface area contributed by atoms with Crippen LogP contribution in [0.4, 0.5) is 0 Å². The first kappa shape index (κ1) is 35.2. The number of morpholine rings is 1. The highest BCUT2D eigenvalue weighted by Gasteiger charge is 2.71. The molecule has 3 fully saturated rings. The molecule has 0 bridgehead atoms. The number of nitrogens with zero attached hydrogens (tertiary/aromatic N) is 1. The fraction of sp³-hybridized carbons (Fsp3) is 1.00. The maximum absolute atomic E-state index is 6.89. The van der Waals surface area contributed by atoms with Gasteiger partial charge in [0.15, 0.2) is 5.79 Å². The smallest absolute Gasteiger partial charge is 0.225 e. The molecule has 0 spiro atoms. The lowest BCUT2D eigenvalue weighted by Gasteiger charge is -2.38. The third-order valence-corrected chi connectivity index (χ3v) is 9.23. The van der Waals surface area contributed by atoms with Crippen molar-refractivity contribution in [1.29, 1.82) is 0 Å². The van der Waals surface area contributed by atoms with Crippen LogP contribution in [0.2, 0.25) is 0 Å². The van der Waals surface area contributed by atoms with Crippen LogP contribution < -0.4 is 0 Å². The van der Waals surface area contributed by atoms with E-state index in [1.54, 1.807) is 0 Å². The monoisotopic (exact) mass is 583 g/mol. The molecule has 0 N–H and O–H groups in total. The van der Waals surface area contributed by atoms with Crippen LogP contribution in [0.3, 0.4) is 0 Å². The Bertz CT molecular complexity index is 686. The Labute approximate surface area is 252 Å². The van der Waals surface area contributed by atoms with Gasteiger partial charge in [-0.05, 0) is 33.6 Å². The summed E-state index contributed by atoms with van der Waals surface area (Å²) in [6.45, 7) is 16.9. The molecule has 3 saturated heterocycles. The highest BCUT2D eigenvalue weighted by atomic mass is 16.9. The van der Waals surface area contributed by atoms with E-state index in [0.29, 0.717) is 13.2 Å². The molecule has 0 aromatic heterocycles. The minimum Gasteiger partial charge on any atom is -0.379 e. The standard InChI is InChI=1S/C34H65NO6/c1-6-8-10-12-13-14-15-16-18-20-25-37-29-34-31(40-32(4,5)41-34)33(30(3)39-34,21-19-17-11-9-7-2)38-28-24-35-22-26-36-27-23-35/h30-31H,6-29H2,1-5H3/t30-,31-,33?,34-/m0/s1. The molecular formula is C34H65NO6. The number of hydrogen-bond acceptors (Lipinski definition) is 7. The van der Waals surface area contributed by atoms with Crippen LogP contribution in [0, 0.1) is 0 Å². The van der Waals surface area contributed by atoms with Gasteiger partial charge in [0.2, 0.25) is 5.79 Å². The third kappa shape index (κ3) is 11.0. The van der Waals surface area contributed by atoms with Crippen LogP contribution in [0.1, 0.15) is 137 Å². The Kier molecular flexibility index (Phi) is 15.9. The molecule has 0 aromatic rings.